The SMILES string of the molecule is C=CC(=CCCCC)OC(C)O. The average Bonchev–Trinajstić information content (AvgIpc) is 2.02. The standard InChI is InChI=1S/C10H18O2/c1-4-6-7-8-10(5-2)12-9(3)11/h5,8-9,11H,2,4,6-7H2,1,3H3. The van der Waals surface area contributed by atoms with E-state index >= 15 is 0 Å². The van der Waals surface area contributed by atoms with Gasteiger partial charge in [-0.1, -0.05) is 19.9 Å². The second kappa shape index (κ2) is 6.92. The van der Waals surface area contributed by atoms with Crippen LogP contribution in [0.1, 0.15) is 33.1 Å². The van der Waals surface area contributed by atoms with Crippen molar-refractivity contribution in [1.82, 2.24) is 0 Å². The third-order valence-corrected chi connectivity index (χ3v) is 1.41. The molecule has 0 rings (SSSR count). The van der Waals surface area contributed by atoms with Gasteiger partial charge in [-0.15, -0.1) is 0 Å². The van der Waals surface area contributed by atoms with Crippen molar-refractivity contribution >= 4 is 0 Å². The topological polar surface area (TPSA) is 29.5 Å². The van der Waals surface area contributed by atoms with Crippen molar-refractivity contribution in [3.63, 3.8) is 0 Å². The van der Waals surface area contributed by atoms with E-state index in [1.165, 1.54) is 0 Å². The summed E-state index contributed by atoms with van der Waals surface area (Å²) >= 11 is 0. The van der Waals surface area contributed by atoms with E-state index in [0.717, 1.165) is 19.3 Å². The Bertz CT molecular complexity index is 148. The van der Waals surface area contributed by atoms with Gasteiger partial charge < -0.3 is 9.84 Å². The van der Waals surface area contributed by atoms with Crippen LogP contribution in [0.15, 0.2) is 24.5 Å². The van der Waals surface area contributed by atoms with Crippen molar-refractivity contribution in [1.29, 1.82) is 0 Å². The Labute approximate surface area is 74.6 Å². The monoisotopic (exact) mass is 170 g/mol. The Morgan fingerprint density at radius 1 is 1.67 bits per heavy atom. The molecule has 0 saturated carbocycles. The van der Waals surface area contributed by atoms with Gasteiger partial charge in [0, 0.05) is 0 Å². The highest BCUT2D eigenvalue weighted by Crippen LogP contribution is 2.05. The first-order valence-electron chi connectivity index (χ1n) is 4.38. The fourth-order valence-corrected chi connectivity index (χ4v) is 0.825. The van der Waals surface area contributed by atoms with Crippen LogP contribution in [0.5, 0.6) is 0 Å². The summed E-state index contributed by atoms with van der Waals surface area (Å²) in [7, 11) is 0. The third-order valence-electron chi connectivity index (χ3n) is 1.41. The van der Waals surface area contributed by atoms with Gasteiger partial charge in [-0.05, 0) is 31.9 Å². The second-order valence-electron chi connectivity index (χ2n) is 2.67. The molecule has 1 N–H and O–H groups in total. The number of ether oxygens (including phenoxy) is 1. The van der Waals surface area contributed by atoms with Gasteiger partial charge in [0.15, 0.2) is 6.29 Å². The summed E-state index contributed by atoms with van der Waals surface area (Å²) < 4.78 is 5.04. The molecule has 0 radical (unpaired) electrons. The summed E-state index contributed by atoms with van der Waals surface area (Å²) in [5, 5.41) is 8.90. The van der Waals surface area contributed by atoms with E-state index in [1.807, 2.05) is 6.08 Å². The van der Waals surface area contributed by atoms with E-state index in [-0.39, 0.29) is 0 Å². The smallest absolute Gasteiger partial charge is 0.194 e. The molecule has 0 aromatic carbocycles. The Kier molecular flexibility index (Phi) is 6.48. The van der Waals surface area contributed by atoms with E-state index in [9.17, 15) is 0 Å². The number of unbranched alkanes of at least 4 members (excludes halogenated alkanes) is 2. The van der Waals surface area contributed by atoms with Gasteiger partial charge in [0.05, 0.1) is 0 Å². The highest BCUT2D eigenvalue weighted by molar-refractivity contribution is 5.08. The number of allylic oxidation sites excluding steroid dienone is 2. The predicted octanol–water partition coefficient (Wildman–Crippen LogP) is 2.60. The maximum Gasteiger partial charge on any atom is 0.194 e. The lowest BCUT2D eigenvalue weighted by atomic mass is 10.2. The zero-order valence-corrected chi connectivity index (χ0v) is 7.92. The summed E-state index contributed by atoms with van der Waals surface area (Å²) in [5.41, 5.74) is 0. The number of aliphatic hydroxyl groups is 1. The fourth-order valence-electron chi connectivity index (χ4n) is 0.825. The molecule has 1 unspecified atom stereocenters. The molecule has 0 aromatic heterocycles. The van der Waals surface area contributed by atoms with Crippen LogP contribution < -0.4 is 0 Å². The second-order valence-corrected chi connectivity index (χ2v) is 2.67. The molecule has 0 fully saturated rings. The number of hydrogen-bond donors (Lipinski definition) is 1. The average molecular weight is 170 g/mol. The Morgan fingerprint density at radius 3 is 2.75 bits per heavy atom. The van der Waals surface area contributed by atoms with Gasteiger partial charge in [0.2, 0.25) is 0 Å². The van der Waals surface area contributed by atoms with Crippen LogP contribution in [0.4, 0.5) is 0 Å². The van der Waals surface area contributed by atoms with E-state index in [0.29, 0.717) is 5.76 Å². The molecule has 0 aromatic rings. The summed E-state index contributed by atoms with van der Waals surface area (Å²) in [6.45, 7) is 7.30. The molecule has 0 bridgehead atoms. The lowest BCUT2D eigenvalue weighted by molar-refractivity contribution is -0.0452. The zero-order chi connectivity index (χ0) is 9.40. The largest absolute Gasteiger partial charge is 0.466 e. The minimum atomic E-state index is -0.754. The van der Waals surface area contributed by atoms with Gasteiger partial charge >= 0.3 is 0 Å². The summed E-state index contributed by atoms with van der Waals surface area (Å²) in [6, 6.07) is 0. The van der Waals surface area contributed by atoms with Gasteiger partial charge in [-0.25, -0.2) is 0 Å². The van der Waals surface area contributed by atoms with Crippen molar-refractivity contribution in [2.75, 3.05) is 0 Å². The maximum atomic E-state index is 8.90. The molecule has 0 aliphatic rings. The maximum absolute atomic E-state index is 8.90. The number of rotatable bonds is 6. The summed E-state index contributed by atoms with van der Waals surface area (Å²) in [6.07, 6.45) is 6.09. The Hall–Kier alpha value is -0.760. The molecule has 0 heterocycles. The highest BCUT2D eigenvalue weighted by atomic mass is 16.6. The lowest BCUT2D eigenvalue weighted by Gasteiger charge is -2.08. The van der Waals surface area contributed by atoms with Crippen molar-refractivity contribution < 1.29 is 9.84 Å². The molecule has 0 spiro atoms. The summed E-state index contributed by atoms with van der Waals surface area (Å²) in [4.78, 5) is 0. The van der Waals surface area contributed by atoms with E-state index in [2.05, 4.69) is 13.5 Å². The van der Waals surface area contributed by atoms with Gasteiger partial charge in [-0.3, -0.25) is 0 Å². The zero-order valence-electron chi connectivity index (χ0n) is 7.92. The third kappa shape index (κ3) is 5.98. The molecule has 70 valence electrons. The first-order valence-corrected chi connectivity index (χ1v) is 4.38. The minimum absolute atomic E-state index is 0.665. The van der Waals surface area contributed by atoms with E-state index < -0.39 is 6.29 Å². The molecule has 12 heavy (non-hydrogen) atoms. The number of hydrogen-bond acceptors (Lipinski definition) is 2. The van der Waals surface area contributed by atoms with Crippen LogP contribution in [-0.4, -0.2) is 11.4 Å². The van der Waals surface area contributed by atoms with Crippen LogP contribution in [0.25, 0.3) is 0 Å². The van der Waals surface area contributed by atoms with Crippen molar-refractivity contribution in [2.45, 2.75) is 39.4 Å². The van der Waals surface area contributed by atoms with Crippen LogP contribution in [0, 0.1) is 0 Å². The molecule has 0 saturated heterocycles. The van der Waals surface area contributed by atoms with Gasteiger partial charge in [0.1, 0.15) is 5.76 Å². The highest BCUT2D eigenvalue weighted by Gasteiger charge is 1.96. The normalized spacial score (nSPS) is 14.1. The van der Waals surface area contributed by atoms with Gasteiger partial charge in [-0.2, -0.15) is 0 Å². The lowest BCUT2D eigenvalue weighted by Crippen LogP contribution is -2.04. The fraction of sp³-hybridized carbons (Fsp3) is 0.600. The Balaban J connectivity index is 3.78. The Morgan fingerprint density at radius 2 is 2.33 bits per heavy atom. The molecular formula is C10H18O2. The van der Waals surface area contributed by atoms with Crippen molar-refractivity contribution in [2.24, 2.45) is 0 Å². The molecular weight excluding hydrogens is 152 g/mol. The van der Waals surface area contributed by atoms with Crippen molar-refractivity contribution in [3.05, 3.63) is 24.5 Å². The quantitative estimate of drug-likeness (QED) is 0.287. The van der Waals surface area contributed by atoms with Crippen LogP contribution in [0.3, 0.4) is 0 Å². The van der Waals surface area contributed by atoms with E-state index in [1.54, 1.807) is 13.0 Å². The number of aliphatic hydroxyl groups excluding tert-OH is 1. The van der Waals surface area contributed by atoms with Crippen LogP contribution in [-0.2, 0) is 4.74 Å². The molecule has 0 amide bonds. The minimum Gasteiger partial charge on any atom is -0.466 e. The van der Waals surface area contributed by atoms with E-state index in [4.69, 9.17) is 9.84 Å². The van der Waals surface area contributed by atoms with Gasteiger partial charge in [0.25, 0.3) is 0 Å². The molecule has 2 heteroatoms. The van der Waals surface area contributed by atoms with Crippen LogP contribution in [0.2, 0.25) is 0 Å². The first kappa shape index (κ1) is 11.2. The molecule has 2 nitrogen and oxygen atoms in total. The first-order chi connectivity index (χ1) is 5.70. The van der Waals surface area contributed by atoms with Crippen molar-refractivity contribution in [3.8, 4) is 0 Å². The molecule has 1 atom stereocenters. The predicted molar refractivity (Wildman–Crippen MR) is 50.6 cm³/mol. The molecule has 0 aliphatic heterocycles. The van der Waals surface area contributed by atoms with Crippen LogP contribution >= 0.6 is 0 Å². The summed E-state index contributed by atoms with van der Waals surface area (Å²) in [5.74, 6) is 0.665. The molecule has 0 aliphatic carbocycles.